The Balaban J connectivity index is 2.43. The number of nitro groups is 1. The lowest BCUT2D eigenvalue weighted by Gasteiger charge is -2.09. The minimum absolute atomic E-state index is 0.165. The van der Waals surface area contributed by atoms with Crippen LogP contribution in [-0.2, 0) is 0 Å². The zero-order chi connectivity index (χ0) is 13.8. The lowest BCUT2D eigenvalue weighted by molar-refractivity contribution is -0.384. The monoisotopic (exact) mass is 259 g/mol. The quantitative estimate of drug-likeness (QED) is 0.647. The summed E-state index contributed by atoms with van der Waals surface area (Å²) in [6.45, 7) is 1.91. The lowest BCUT2D eigenvalue weighted by atomic mass is 10.2. The van der Waals surface area contributed by atoms with E-state index in [2.05, 4.69) is 20.6 Å². The second-order valence-corrected chi connectivity index (χ2v) is 3.87. The third-order valence-electron chi connectivity index (χ3n) is 2.59. The number of para-hydroxylation sites is 1. The summed E-state index contributed by atoms with van der Waals surface area (Å²) < 4.78 is 0. The molecular weight excluding hydrogens is 246 g/mol. The van der Waals surface area contributed by atoms with E-state index in [1.54, 1.807) is 7.05 Å². The van der Waals surface area contributed by atoms with Crippen molar-refractivity contribution in [3.05, 3.63) is 46.1 Å². The summed E-state index contributed by atoms with van der Waals surface area (Å²) >= 11 is 0. The fraction of sp³-hybridized carbons (Fsp3) is 0.167. The van der Waals surface area contributed by atoms with Crippen LogP contribution < -0.4 is 10.6 Å². The molecule has 0 aliphatic carbocycles. The summed E-state index contributed by atoms with van der Waals surface area (Å²) in [6, 6.07) is 7.49. The minimum atomic E-state index is -0.514. The van der Waals surface area contributed by atoms with Crippen LogP contribution in [0.25, 0.3) is 0 Å². The maximum Gasteiger partial charge on any atom is 0.329 e. The number of aromatic nitrogens is 2. The van der Waals surface area contributed by atoms with Crippen LogP contribution >= 0.6 is 0 Å². The van der Waals surface area contributed by atoms with Gasteiger partial charge in [0, 0.05) is 12.7 Å². The lowest BCUT2D eigenvalue weighted by Crippen LogP contribution is -2.04. The molecule has 0 aliphatic rings. The SMILES string of the molecule is CNc1ncc([N+](=O)[O-])c(Nc2ccccc2C)n1. The highest BCUT2D eigenvalue weighted by Crippen LogP contribution is 2.26. The van der Waals surface area contributed by atoms with Crippen molar-refractivity contribution in [2.45, 2.75) is 6.92 Å². The molecule has 0 spiro atoms. The first-order valence-electron chi connectivity index (χ1n) is 5.63. The summed E-state index contributed by atoms with van der Waals surface area (Å²) in [5.74, 6) is 0.486. The third-order valence-corrected chi connectivity index (χ3v) is 2.59. The van der Waals surface area contributed by atoms with Crippen molar-refractivity contribution < 1.29 is 4.92 Å². The Bertz CT molecular complexity index is 615. The zero-order valence-corrected chi connectivity index (χ0v) is 10.5. The molecule has 2 aromatic rings. The van der Waals surface area contributed by atoms with Gasteiger partial charge in [-0.15, -0.1) is 0 Å². The number of aryl methyl sites for hydroxylation is 1. The largest absolute Gasteiger partial charge is 0.357 e. The highest BCUT2D eigenvalue weighted by atomic mass is 16.6. The Morgan fingerprint density at radius 3 is 2.68 bits per heavy atom. The maximum atomic E-state index is 11.0. The van der Waals surface area contributed by atoms with Crippen LogP contribution in [0.15, 0.2) is 30.5 Å². The number of anilines is 3. The van der Waals surface area contributed by atoms with E-state index in [1.165, 1.54) is 6.20 Å². The van der Waals surface area contributed by atoms with Gasteiger partial charge in [-0.1, -0.05) is 18.2 Å². The molecular formula is C12H13N5O2. The molecule has 0 aliphatic heterocycles. The summed E-state index contributed by atoms with van der Waals surface area (Å²) in [4.78, 5) is 18.4. The van der Waals surface area contributed by atoms with Crippen molar-refractivity contribution in [1.82, 2.24) is 9.97 Å². The standard InChI is InChI=1S/C12H13N5O2/c1-8-5-3-4-6-9(8)15-11-10(17(18)19)7-14-12(13-2)16-11/h3-7H,1-2H3,(H2,13,14,15,16). The van der Waals surface area contributed by atoms with E-state index in [4.69, 9.17) is 0 Å². The number of nitrogens with one attached hydrogen (secondary N) is 2. The third kappa shape index (κ3) is 2.76. The highest BCUT2D eigenvalue weighted by Gasteiger charge is 2.17. The molecule has 7 nitrogen and oxygen atoms in total. The Labute approximate surface area is 109 Å². The van der Waals surface area contributed by atoms with Crippen LogP contribution in [0, 0.1) is 17.0 Å². The molecule has 0 saturated carbocycles. The second kappa shape index (κ2) is 5.30. The van der Waals surface area contributed by atoms with Crippen molar-refractivity contribution in [2.75, 3.05) is 17.7 Å². The van der Waals surface area contributed by atoms with Gasteiger partial charge in [-0.2, -0.15) is 4.98 Å². The zero-order valence-electron chi connectivity index (χ0n) is 10.5. The second-order valence-electron chi connectivity index (χ2n) is 3.87. The van der Waals surface area contributed by atoms with Crippen molar-refractivity contribution in [3.63, 3.8) is 0 Å². The molecule has 7 heteroatoms. The summed E-state index contributed by atoms with van der Waals surface area (Å²) in [6.07, 6.45) is 1.18. The molecule has 2 N–H and O–H groups in total. The molecule has 19 heavy (non-hydrogen) atoms. The van der Waals surface area contributed by atoms with E-state index in [-0.39, 0.29) is 11.5 Å². The van der Waals surface area contributed by atoms with E-state index >= 15 is 0 Å². The molecule has 2 rings (SSSR count). The van der Waals surface area contributed by atoms with Crippen LogP contribution in [0.2, 0.25) is 0 Å². The number of nitrogens with zero attached hydrogens (tertiary/aromatic N) is 3. The van der Waals surface area contributed by atoms with Crippen LogP contribution in [0.4, 0.5) is 23.1 Å². The molecule has 0 saturated heterocycles. The van der Waals surface area contributed by atoms with Crippen LogP contribution in [0.5, 0.6) is 0 Å². The Kier molecular flexibility index (Phi) is 3.56. The predicted molar refractivity (Wildman–Crippen MR) is 72.7 cm³/mol. The fourth-order valence-corrected chi connectivity index (χ4v) is 1.56. The van der Waals surface area contributed by atoms with E-state index < -0.39 is 4.92 Å². The molecule has 98 valence electrons. The van der Waals surface area contributed by atoms with Gasteiger partial charge >= 0.3 is 5.69 Å². The normalized spacial score (nSPS) is 10.0. The first-order valence-corrected chi connectivity index (χ1v) is 5.63. The molecule has 0 bridgehead atoms. The Hall–Kier alpha value is -2.70. The molecule has 0 atom stereocenters. The predicted octanol–water partition coefficient (Wildman–Crippen LogP) is 2.48. The topological polar surface area (TPSA) is 93.0 Å². The molecule has 0 fully saturated rings. The van der Waals surface area contributed by atoms with Gasteiger partial charge in [0.15, 0.2) is 0 Å². The van der Waals surface area contributed by atoms with Crippen LogP contribution in [0.3, 0.4) is 0 Å². The van der Waals surface area contributed by atoms with Gasteiger partial charge in [0.2, 0.25) is 11.8 Å². The summed E-state index contributed by atoms with van der Waals surface area (Å²) in [5.41, 5.74) is 1.58. The summed E-state index contributed by atoms with van der Waals surface area (Å²) in [5, 5.41) is 16.7. The number of hydrogen-bond donors (Lipinski definition) is 2. The molecule has 1 heterocycles. The number of benzene rings is 1. The van der Waals surface area contributed by atoms with E-state index in [0.29, 0.717) is 5.95 Å². The number of rotatable bonds is 4. The van der Waals surface area contributed by atoms with Gasteiger partial charge in [0.25, 0.3) is 0 Å². The van der Waals surface area contributed by atoms with Crippen LogP contribution in [0.1, 0.15) is 5.56 Å². The van der Waals surface area contributed by atoms with Gasteiger partial charge in [-0.05, 0) is 18.6 Å². The molecule has 0 amide bonds. The van der Waals surface area contributed by atoms with Crippen molar-refractivity contribution in [3.8, 4) is 0 Å². The first-order chi connectivity index (χ1) is 9.11. The van der Waals surface area contributed by atoms with Crippen molar-refractivity contribution in [2.24, 2.45) is 0 Å². The fourth-order valence-electron chi connectivity index (χ4n) is 1.56. The van der Waals surface area contributed by atoms with Gasteiger partial charge in [-0.25, -0.2) is 4.98 Å². The molecule has 1 aromatic heterocycles. The average Bonchev–Trinajstić information content (AvgIpc) is 2.41. The molecule has 1 aromatic carbocycles. The smallest absolute Gasteiger partial charge is 0.329 e. The van der Waals surface area contributed by atoms with E-state index in [0.717, 1.165) is 11.3 Å². The average molecular weight is 259 g/mol. The highest BCUT2D eigenvalue weighted by molar-refractivity contribution is 5.67. The molecule has 0 unspecified atom stereocenters. The van der Waals surface area contributed by atoms with Gasteiger partial charge in [0.05, 0.1) is 4.92 Å². The number of hydrogen-bond acceptors (Lipinski definition) is 6. The Morgan fingerprint density at radius 2 is 2.05 bits per heavy atom. The van der Waals surface area contributed by atoms with Crippen molar-refractivity contribution >= 4 is 23.1 Å². The van der Waals surface area contributed by atoms with Gasteiger partial charge in [0.1, 0.15) is 6.20 Å². The Morgan fingerprint density at radius 1 is 1.32 bits per heavy atom. The van der Waals surface area contributed by atoms with E-state index in [1.807, 2.05) is 31.2 Å². The van der Waals surface area contributed by atoms with Crippen molar-refractivity contribution in [1.29, 1.82) is 0 Å². The van der Waals surface area contributed by atoms with Gasteiger partial charge < -0.3 is 10.6 Å². The minimum Gasteiger partial charge on any atom is -0.357 e. The first kappa shape index (κ1) is 12.7. The van der Waals surface area contributed by atoms with E-state index in [9.17, 15) is 10.1 Å². The van der Waals surface area contributed by atoms with Crippen LogP contribution in [-0.4, -0.2) is 21.9 Å². The van der Waals surface area contributed by atoms with Gasteiger partial charge in [-0.3, -0.25) is 10.1 Å². The molecule has 0 radical (unpaired) electrons. The summed E-state index contributed by atoms with van der Waals surface area (Å²) in [7, 11) is 1.65. The maximum absolute atomic E-state index is 11.0.